The molecule has 5 N–H and O–H groups in total. The summed E-state index contributed by atoms with van der Waals surface area (Å²) in [5.74, 6) is 0. The Morgan fingerprint density at radius 2 is 2.13 bits per heavy atom. The van der Waals surface area contributed by atoms with E-state index in [1.807, 2.05) is 0 Å². The van der Waals surface area contributed by atoms with Gasteiger partial charge in [0.25, 0.3) is 0 Å². The Kier molecular flexibility index (Phi) is 3.33. The predicted molar refractivity (Wildman–Crippen MR) is 60.9 cm³/mol. The van der Waals surface area contributed by atoms with Crippen LogP contribution in [0.5, 0.6) is 0 Å². The van der Waals surface area contributed by atoms with Gasteiger partial charge in [-0.2, -0.15) is 0 Å². The maximum Gasteiger partial charge on any atom is 0.240 e. The number of nitrogens with one attached hydrogen (secondary N) is 1. The molecule has 0 aliphatic carbocycles. The zero-order valence-corrected chi connectivity index (χ0v) is 8.92. The Morgan fingerprint density at radius 3 is 2.60 bits per heavy atom. The summed E-state index contributed by atoms with van der Waals surface area (Å²) in [6.45, 7) is 4.12. The summed E-state index contributed by atoms with van der Waals surface area (Å²) in [6.07, 6.45) is 1.68. The second-order valence-electron chi connectivity index (χ2n) is 2.97. The molecule has 6 heteroatoms. The zero-order valence-electron chi connectivity index (χ0n) is 8.10. The van der Waals surface area contributed by atoms with Crippen LogP contribution in [0.4, 0.5) is 11.4 Å². The number of hydrogen-bond acceptors (Lipinski definition) is 4. The summed E-state index contributed by atoms with van der Waals surface area (Å²) in [7, 11) is -3.74. The molecule has 0 saturated heterocycles. The summed E-state index contributed by atoms with van der Waals surface area (Å²) < 4.78 is 22.1. The van der Waals surface area contributed by atoms with Crippen LogP contribution >= 0.6 is 0 Å². The van der Waals surface area contributed by atoms with Crippen molar-refractivity contribution in [3.63, 3.8) is 0 Å². The number of hydrogen-bond donors (Lipinski definition) is 3. The van der Waals surface area contributed by atoms with E-state index in [4.69, 9.17) is 10.9 Å². The molecule has 1 aromatic carbocycles. The molecule has 0 amide bonds. The first-order chi connectivity index (χ1) is 6.95. The Hall–Kier alpha value is -1.53. The molecule has 0 radical (unpaired) electrons. The van der Waals surface area contributed by atoms with E-state index >= 15 is 0 Å². The van der Waals surface area contributed by atoms with Gasteiger partial charge in [0.05, 0.1) is 5.69 Å². The van der Waals surface area contributed by atoms with Crippen LogP contribution in [0.1, 0.15) is 0 Å². The van der Waals surface area contributed by atoms with Gasteiger partial charge in [0.15, 0.2) is 0 Å². The fourth-order valence-electron chi connectivity index (χ4n) is 1.11. The highest BCUT2D eigenvalue weighted by atomic mass is 32.2. The minimum Gasteiger partial charge on any atom is -0.398 e. The van der Waals surface area contributed by atoms with Crippen LogP contribution in [0.2, 0.25) is 0 Å². The number of nitrogens with two attached hydrogens (primary N) is 2. The minimum absolute atomic E-state index is 0.0633. The van der Waals surface area contributed by atoms with Crippen molar-refractivity contribution in [2.45, 2.75) is 4.90 Å². The van der Waals surface area contributed by atoms with Crippen LogP contribution in [-0.2, 0) is 10.0 Å². The van der Waals surface area contributed by atoms with Gasteiger partial charge in [-0.15, -0.1) is 6.58 Å². The molecule has 0 aliphatic heterocycles. The van der Waals surface area contributed by atoms with E-state index in [1.165, 1.54) is 12.1 Å². The van der Waals surface area contributed by atoms with Gasteiger partial charge in [0.1, 0.15) is 4.90 Å². The second kappa shape index (κ2) is 4.33. The average Bonchev–Trinajstić information content (AvgIpc) is 2.12. The second-order valence-corrected chi connectivity index (χ2v) is 4.50. The topological polar surface area (TPSA) is 98.2 Å². The SMILES string of the molecule is C=CCNc1ccc(S(N)(=O)=O)c(N)c1. The average molecular weight is 227 g/mol. The van der Waals surface area contributed by atoms with Crippen molar-refractivity contribution >= 4 is 21.4 Å². The molecular formula is C9H13N3O2S. The number of benzene rings is 1. The van der Waals surface area contributed by atoms with Crippen molar-refractivity contribution in [3.05, 3.63) is 30.9 Å². The van der Waals surface area contributed by atoms with Crippen LogP contribution in [0.15, 0.2) is 35.7 Å². The lowest BCUT2D eigenvalue weighted by Crippen LogP contribution is -2.14. The Morgan fingerprint density at radius 1 is 1.47 bits per heavy atom. The van der Waals surface area contributed by atoms with E-state index in [2.05, 4.69) is 11.9 Å². The van der Waals surface area contributed by atoms with Gasteiger partial charge in [-0.3, -0.25) is 0 Å². The summed E-state index contributed by atoms with van der Waals surface area (Å²) >= 11 is 0. The summed E-state index contributed by atoms with van der Waals surface area (Å²) in [6, 6.07) is 4.49. The van der Waals surface area contributed by atoms with Gasteiger partial charge in [0.2, 0.25) is 10.0 Å². The lowest BCUT2D eigenvalue weighted by molar-refractivity contribution is 0.598. The Bertz CT molecular complexity index is 468. The van der Waals surface area contributed by atoms with Crippen LogP contribution < -0.4 is 16.2 Å². The van der Waals surface area contributed by atoms with Crippen LogP contribution in [0.3, 0.4) is 0 Å². The first-order valence-electron chi connectivity index (χ1n) is 4.22. The van der Waals surface area contributed by atoms with Crippen molar-refractivity contribution in [2.75, 3.05) is 17.6 Å². The first kappa shape index (κ1) is 11.5. The highest BCUT2D eigenvalue weighted by molar-refractivity contribution is 7.89. The van der Waals surface area contributed by atoms with Crippen molar-refractivity contribution < 1.29 is 8.42 Å². The van der Waals surface area contributed by atoms with E-state index in [-0.39, 0.29) is 10.6 Å². The molecular weight excluding hydrogens is 214 g/mol. The van der Waals surface area contributed by atoms with Gasteiger partial charge in [0, 0.05) is 12.2 Å². The Balaban J connectivity index is 3.04. The van der Waals surface area contributed by atoms with Gasteiger partial charge >= 0.3 is 0 Å². The monoisotopic (exact) mass is 227 g/mol. The summed E-state index contributed by atoms with van der Waals surface area (Å²) in [5.41, 5.74) is 6.41. The maximum atomic E-state index is 11.0. The highest BCUT2D eigenvalue weighted by Gasteiger charge is 2.11. The lowest BCUT2D eigenvalue weighted by atomic mass is 10.3. The quantitative estimate of drug-likeness (QED) is 0.515. The van der Waals surface area contributed by atoms with Crippen LogP contribution in [0.25, 0.3) is 0 Å². The molecule has 5 nitrogen and oxygen atoms in total. The predicted octanol–water partition coefficient (Wildman–Crippen LogP) is 0.514. The number of anilines is 2. The van der Waals surface area contributed by atoms with Crippen molar-refractivity contribution in [3.8, 4) is 0 Å². The molecule has 82 valence electrons. The van der Waals surface area contributed by atoms with Crippen molar-refractivity contribution in [2.24, 2.45) is 5.14 Å². The largest absolute Gasteiger partial charge is 0.398 e. The molecule has 0 bridgehead atoms. The van der Waals surface area contributed by atoms with Crippen molar-refractivity contribution in [1.29, 1.82) is 0 Å². The lowest BCUT2D eigenvalue weighted by Gasteiger charge is -2.07. The fourth-order valence-corrected chi connectivity index (χ4v) is 1.75. The third-order valence-corrected chi connectivity index (χ3v) is 2.75. The van der Waals surface area contributed by atoms with Gasteiger partial charge in [-0.25, -0.2) is 13.6 Å². The number of sulfonamides is 1. The minimum atomic E-state index is -3.74. The molecule has 0 fully saturated rings. The van der Waals surface area contributed by atoms with Crippen LogP contribution in [0, 0.1) is 0 Å². The van der Waals surface area contributed by atoms with E-state index in [1.54, 1.807) is 12.1 Å². The fraction of sp³-hybridized carbons (Fsp3) is 0.111. The maximum absolute atomic E-state index is 11.0. The molecule has 0 heterocycles. The van der Waals surface area contributed by atoms with E-state index in [9.17, 15) is 8.42 Å². The molecule has 0 aromatic heterocycles. The molecule has 0 unspecified atom stereocenters. The molecule has 15 heavy (non-hydrogen) atoms. The van der Waals surface area contributed by atoms with E-state index in [0.29, 0.717) is 6.54 Å². The van der Waals surface area contributed by atoms with Crippen molar-refractivity contribution in [1.82, 2.24) is 0 Å². The number of primary sulfonamides is 1. The molecule has 0 atom stereocenters. The highest BCUT2D eigenvalue weighted by Crippen LogP contribution is 2.20. The third kappa shape index (κ3) is 2.97. The van der Waals surface area contributed by atoms with E-state index < -0.39 is 10.0 Å². The number of nitrogen functional groups attached to an aromatic ring is 1. The molecule has 1 rings (SSSR count). The standard InChI is InChI=1S/C9H13N3O2S/c1-2-5-12-7-3-4-9(8(10)6-7)15(11,13)14/h2-4,6,12H,1,5,10H2,(H2,11,13,14). The van der Waals surface area contributed by atoms with Gasteiger partial charge in [-0.05, 0) is 18.2 Å². The molecule has 0 aliphatic rings. The molecule has 0 spiro atoms. The summed E-state index contributed by atoms with van der Waals surface area (Å²) in [4.78, 5) is -0.0633. The normalized spacial score (nSPS) is 11.0. The molecule has 0 saturated carbocycles. The van der Waals surface area contributed by atoms with Gasteiger partial charge < -0.3 is 11.1 Å². The van der Waals surface area contributed by atoms with Gasteiger partial charge in [-0.1, -0.05) is 6.08 Å². The zero-order chi connectivity index (χ0) is 11.5. The number of rotatable bonds is 4. The van der Waals surface area contributed by atoms with Crippen LogP contribution in [-0.4, -0.2) is 15.0 Å². The smallest absolute Gasteiger partial charge is 0.240 e. The molecule has 1 aromatic rings. The Labute approximate surface area is 88.8 Å². The van der Waals surface area contributed by atoms with E-state index in [0.717, 1.165) is 5.69 Å². The third-order valence-electron chi connectivity index (χ3n) is 1.77. The first-order valence-corrected chi connectivity index (χ1v) is 5.77. The summed E-state index contributed by atoms with van der Waals surface area (Å²) in [5, 5.41) is 7.94.